The van der Waals surface area contributed by atoms with Crippen molar-refractivity contribution in [3.05, 3.63) is 0 Å². The van der Waals surface area contributed by atoms with Crippen molar-refractivity contribution in [3.8, 4) is 0 Å². The van der Waals surface area contributed by atoms with E-state index in [2.05, 4.69) is 15.9 Å². The van der Waals surface area contributed by atoms with E-state index < -0.39 is 0 Å². The number of piperidine rings is 1. The van der Waals surface area contributed by atoms with Crippen LogP contribution in [-0.2, 0) is 9.53 Å². The Hall–Kier alpha value is -0.0900. The molecule has 0 aromatic carbocycles. The minimum atomic E-state index is 0.325. The number of likely N-dealkylation sites (tertiary alicyclic amines) is 1. The summed E-state index contributed by atoms with van der Waals surface area (Å²) in [5.41, 5.74) is 0. The van der Waals surface area contributed by atoms with E-state index in [1.54, 1.807) is 0 Å². The molecule has 4 heteroatoms. The second-order valence-corrected chi connectivity index (χ2v) is 5.82. The van der Waals surface area contributed by atoms with Gasteiger partial charge in [-0.1, -0.05) is 15.9 Å². The monoisotopic (exact) mass is 303 g/mol. The van der Waals surface area contributed by atoms with Crippen molar-refractivity contribution in [1.82, 2.24) is 4.90 Å². The van der Waals surface area contributed by atoms with Crippen molar-refractivity contribution in [2.75, 3.05) is 25.0 Å². The first-order valence-electron chi connectivity index (χ1n) is 6.75. The Morgan fingerprint density at radius 3 is 2.94 bits per heavy atom. The van der Waals surface area contributed by atoms with Gasteiger partial charge in [0, 0.05) is 31.4 Å². The normalized spacial score (nSPS) is 29.6. The minimum Gasteiger partial charge on any atom is -0.378 e. The van der Waals surface area contributed by atoms with Gasteiger partial charge in [0.15, 0.2) is 0 Å². The van der Waals surface area contributed by atoms with E-state index in [0.717, 1.165) is 50.7 Å². The average Bonchev–Trinajstić information content (AvgIpc) is 2.89. The van der Waals surface area contributed by atoms with Crippen LogP contribution < -0.4 is 0 Å². The summed E-state index contributed by atoms with van der Waals surface area (Å²) >= 11 is 3.52. The van der Waals surface area contributed by atoms with E-state index in [1.807, 2.05) is 4.90 Å². The lowest BCUT2D eigenvalue weighted by Gasteiger charge is -2.32. The number of nitrogens with zero attached hydrogens (tertiary/aromatic N) is 1. The van der Waals surface area contributed by atoms with Crippen LogP contribution in [0, 0.1) is 5.92 Å². The molecule has 2 aliphatic heterocycles. The van der Waals surface area contributed by atoms with Crippen molar-refractivity contribution in [3.63, 3.8) is 0 Å². The molecule has 0 aromatic rings. The third-order valence-corrected chi connectivity index (χ3v) is 4.71. The molecular formula is C13H22BrNO2. The van der Waals surface area contributed by atoms with Gasteiger partial charge in [-0.25, -0.2) is 0 Å². The molecule has 2 fully saturated rings. The number of rotatable bonds is 4. The standard InChI is InChI=1S/C13H22BrNO2/c14-9-11-3-1-7-15(10-11)13(16)6-5-12-4-2-8-17-12/h11-12H,1-10H2. The molecule has 0 aliphatic carbocycles. The molecular weight excluding hydrogens is 282 g/mol. The van der Waals surface area contributed by atoms with Crippen molar-refractivity contribution in [1.29, 1.82) is 0 Å². The fourth-order valence-corrected chi connectivity index (χ4v) is 3.26. The topological polar surface area (TPSA) is 29.5 Å². The summed E-state index contributed by atoms with van der Waals surface area (Å²) in [6, 6.07) is 0. The third kappa shape index (κ3) is 3.95. The predicted octanol–water partition coefficient (Wildman–Crippen LogP) is 2.58. The number of hydrogen-bond acceptors (Lipinski definition) is 2. The molecule has 2 unspecified atom stereocenters. The van der Waals surface area contributed by atoms with Crippen molar-refractivity contribution in [2.45, 2.75) is 44.6 Å². The van der Waals surface area contributed by atoms with E-state index >= 15 is 0 Å². The SMILES string of the molecule is O=C(CCC1CCCO1)N1CCCC(CBr)C1. The highest BCUT2D eigenvalue weighted by Crippen LogP contribution is 2.21. The maximum Gasteiger partial charge on any atom is 0.222 e. The van der Waals surface area contributed by atoms with Crippen LogP contribution in [0.2, 0.25) is 0 Å². The van der Waals surface area contributed by atoms with Crippen molar-refractivity contribution < 1.29 is 9.53 Å². The van der Waals surface area contributed by atoms with E-state index in [1.165, 1.54) is 6.42 Å². The number of ether oxygens (including phenoxy) is 1. The Morgan fingerprint density at radius 1 is 1.35 bits per heavy atom. The van der Waals surface area contributed by atoms with Gasteiger partial charge < -0.3 is 9.64 Å². The van der Waals surface area contributed by atoms with E-state index in [-0.39, 0.29) is 0 Å². The zero-order chi connectivity index (χ0) is 12.1. The number of hydrogen-bond donors (Lipinski definition) is 0. The van der Waals surface area contributed by atoms with Crippen molar-refractivity contribution >= 4 is 21.8 Å². The molecule has 2 atom stereocenters. The Kier molecular flexibility index (Phi) is 5.29. The average molecular weight is 304 g/mol. The highest BCUT2D eigenvalue weighted by Gasteiger charge is 2.24. The second kappa shape index (κ2) is 6.74. The maximum absolute atomic E-state index is 12.1. The van der Waals surface area contributed by atoms with Crippen LogP contribution >= 0.6 is 15.9 Å². The van der Waals surface area contributed by atoms with E-state index in [0.29, 0.717) is 24.3 Å². The lowest BCUT2D eigenvalue weighted by atomic mass is 9.99. The van der Waals surface area contributed by atoms with Crippen LogP contribution in [0.15, 0.2) is 0 Å². The number of alkyl halides is 1. The summed E-state index contributed by atoms with van der Waals surface area (Å²) in [5.74, 6) is 0.974. The van der Waals surface area contributed by atoms with E-state index in [9.17, 15) is 4.79 Å². The van der Waals surface area contributed by atoms with Gasteiger partial charge >= 0.3 is 0 Å². The molecule has 0 saturated carbocycles. The van der Waals surface area contributed by atoms with Gasteiger partial charge in [0.25, 0.3) is 0 Å². The highest BCUT2D eigenvalue weighted by molar-refractivity contribution is 9.09. The number of carbonyl (C=O) groups excluding carboxylic acids is 1. The molecule has 0 spiro atoms. The first kappa shape index (κ1) is 13.3. The Morgan fingerprint density at radius 2 is 2.24 bits per heavy atom. The van der Waals surface area contributed by atoms with Crippen molar-refractivity contribution in [2.24, 2.45) is 5.92 Å². The largest absolute Gasteiger partial charge is 0.378 e. The molecule has 98 valence electrons. The van der Waals surface area contributed by atoms with Gasteiger partial charge in [-0.15, -0.1) is 0 Å². The van der Waals surface area contributed by atoms with Gasteiger partial charge in [-0.3, -0.25) is 4.79 Å². The number of amides is 1. The summed E-state index contributed by atoms with van der Waals surface area (Å²) in [5, 5.41) is 1.02. The summed E-state index contributed by atoms with van der Waals surface area (Å²) in [4.78, 5) is 14.1. The Labute approximate surface area is 112 Å². The fraction of sp³-hybridized carbons (Fsp3) is 0.923. The zero-order valence-corrected chi connectivity index (χ0v) is 12.0. The molecule has 0 aromatic heterocycles. The lowest BCUT2D eigenvalue weighted by Crippen LogP contribution is -2.40. The van der Waals surface area contributed by atoms with Gasteiger partial charge in [0.1, 0.15) is 0 Å². The first-order chi connectivity index (χ1) is 8.29. The maximum atomic E-state index is 12.1. The third-order valence-electron chi connectivity index (χ3n) is 3.79. The predicted molar refractivity (Wildman–Crippen MR) is 71.3 cm³/mol. The molecule has 0 radical (unpaired) electrons. The minimum absolute atomic E-state index is 0.325. The fourth-order valence-electron chi connectivity index (χ4n) is 2.73. The zero-order valence-electron chi connectivity index (χ0n) is 10.4. The van der Waals surface area contributed by atoms with Crippen LogP contribution in [0.25, 0.3) is 0 Å². The Balaban J connectivity index is 1.71. The highest BCUT2D eigenvalue weighted by atomic mass is 79.9. The molecule has 3 nitrogen and oxygen atoms in total. The summed E-state index contributed by atoms with van der Waals surface area (Å²) in [6.45, 7) is 2.78. The molecule has 2 rings (SSSR count). The van der Waals surface area contributed by atoms with Gasteiger partial charge in [-0.2, -0.15) is 0 Å². The van der Waals surface area contributed by atoms with E-state index in [4.69, 9.17) is 4.74 Å². The quantitative estimate of drug-likeness (QED) is 0.747. The smallest absolute Gasteiger partial charge is 0.222 e. The van der Waals surface area contributed by atoms with Crippen LogP contribution in [-0.4, -0.2) is 41.9 Å². The molecule has 2 heterocycles. The summed E-state index contributed by atoms with van der Waals surface area (Å²) in [7, 11) is 0. The van der Waals surface area contributed by atoms with Crippen LogP contribution in [0.5, 0.6) is 0 Å². The molecule has 2 aliphatic rings. The first-order valence-corrected chi connectivity index (χ1v) is 7.87. The van der Waals surface area contributed by atoms with Crippen LogP contribution in [0.3, 0.4) is 0 Å². The Bertz CT molecular complexity index is 254. The molecule has 0 bridgehead atoms. The molecule has 17 heavy (non-hydrogen) atoms. The molecule has 0 N–H and O–H groups in total. The lowest BCUT2D eigenvalue weighted by molar-refractivity contribution is -0.133. The second-order valence-electron chi connectivity index (χ2n) is 5.18. The van der Waals surface area contributed by atoms with Crippen LogP contribution in [0.1, 0.15) is 38.5 Å². The molecule has 1 amide bonds. The van der Waals surface area contributed by atoms with Gasteiger partial charge in [0.2, 0.25) is 5.91 Å². The summed E-state index contributed by atoms with van der Waals surface area (Å²) in [6.07, 6.45) is 6.62. The number of carbonyl (C=O) groups is 1. The van der Waals surface area contributed by atoms with Gasteiger partial charge in [-0.05, 0) is 38.0 Å². The summed E-state index contributed by atoms with van der Waals surface area (Å²) < 4.78 is 5.55. The van der Waals surface area contributed by atoms with Crippen LogP contribution in [0.4, 0.5) is 0 Å². The molecule has 2 saturated heterocycles. The van der Waals surface area contributed by atoms with Gasteiger partial charge in [0.05, 0.1) is 6.10 Å². The number of halogens is 1.